The molecule has 1 heterocycles. The summed E-state index contributed by atoms with van der Waals surface area (Å²) >= 11 is -2.39. The van der Waals surface area contributed by atoms with Crippen molar-refractivity contribution < 1.29 is 50.9 Å². The Morgan fingerprint density at radius 3 is 1.30 bits per heavy atom. The van der Waals surface area contributed by atoms with Gasteiger partial charge in [0, 0.05) is 0 Å². The molecule has 4 aromatic rings. The Hall–Kier alpha value is -2.75. The molecule has 0 spiro atoms. The van der Waals surface area contributed by atoms with Crippen LogP contribution in [0.25, 0.3) is 34.4 Å². The van der Waals surface area contributed by atoms with Crippen LogP contribution in [0.2, 0.25) is 9.45 Å². The largest absolute Gasteiger partial charge is 1.00 e. The summed E-state index contributed by atoms with van der Waals surface area (Å²) in [4.78, 5) is 0. The Bertz CT molecular complexity index is 1560. The summed E-state index contributed by atoms with van der Waals surface area (Å²) in [6, 6.07) is 31.3. The van der Waals surface area contributed by atoms with E-state index in [0.717, 1.165) is 24.3 Å². The summed E-state index contributed by atoms with van der Waals surface area (Å²) < 4.78 is 15.1. The minimum atomic E-state index is -2.39. The third kappa shape index (κ3) is 5.21. The van der Waals surface area contributed by atoms with Gasteiger partial charge in [0.1, 0.15) is 0 Å². The first-order chi connectivity index (χ1) is 20.1. The fourth-order valence-corrected chi connectivity index (χ4v) is 18.4. The summed E-state index contributed by atoms with van der Waals surface area (Å²) in [6.07, 6.45) is 7.41. The molecule has 0 N–H and O–H groups in total. The van der Waals surface area contributed by atoms with Crippen LogP contribution in [0.1, 0.15) is 57.4 Å². The maximum atomic E-state index is 5.44. The maximum Gasteiger partial charge on any atom is -1.00 e. The van der Waals surface area contributed by atoms with Crippen molar-refractivity contribution in [3.63, 3.8) is 0 Å². The number of methoxy groups -OCH3 is 2. The number of hydrogen-bond acceptors (Lipinski definition) is 2. The average Bonchev–Trinajstić information content (AvgIpc) is 3.56. The van der Waals surface area contributed by atoms with Crippen molar-refractivity contribution >= 4 is 12.2 Å². The monoisotopic (exact) mass is 644 g/mol. The summed E-state index contributed by atoms with van der Waals surface area (Å²) in [5.41, 5.74) is 14.7. The first-order valence-electron chi connectivity index (χ1n) is 15.1. The molecule has 2 atom stereocenters. The third-order valence-corrected chi connectivity index (χ3v) is 18.2. The summed E-state index contributed by atoms with van der Waals surface area (Å²) in [7, 11) is 3.47. The molecule has 220 valence electrons. The number of allylic oxidation sites excluding steroid dienone is 2. The first kappa shape index (κ1) is 31.7. The predicted octanol–water partition coefficient (Wildman–Crippen LogP) is 4.45. The van der Waals surface area contributed by atoms with Gasteiger partial charge in [-0.1, -0.05) is 0 Å². The van der Waals surface area contributed by atoms with Crippen molar-refractivity contribution in [3.8, 4) is 33.8 Å². The van der Waals surface area contributed by atoms with E-state index in [9.17, 15) is 0 Å². The smallest absolute Gasteiger partial charge is 1.00 e. The van der Waals surface area contributed by atoms with Crippen LogP contribution in [-0.4, -0.2) is 14.2 Å². The molecule has 1 saturated heterocycles. The van der Waals surface area contributed by atoms with Gasteiger partial charge in [0.25, 0.3) is 0 Å². The van der Waals surface area contributed by atoms with E-state index >= 15 is 0 Å². The molecule has 0 bridgehead atoms. The van der Waals surface area contributed by atoms with E-state index in [0.29, 0.717) is 8.45 Å². The van der Waals surface area contributed by atoms with Crippen LogP contribution in [0.3, 0.4) is 0 Å². The molecule has 2 aliphatic carbocycles. The summed E-state index contributed by atoms with van der Waals surface area (Å²) in [5.74, 6) is 1.81. The zero-order valence-electron chi connectivity index (χ0n) is 25.3. The van der Waals surface area contributed by atoms with Gasteiger partial charge < -0.3 is 24.8 Å². The first-order valence-corrected chi connectivity index (χ1v) is 19.1. The molecular formula is C38H38Cl2O2Ti. The van der Waals surface area contributed by atoms with Crippen molar-refractivity contribution in [1.82, 2.24) is 0 Å². The normalized spacial score (nSPS) is 18.0. The maximum absolute atomic E-state index is 5.44. The second-order valence-electron chi connectivity index (χ2n) is 11.8. The molecule has 5 heteroatoms. The van der Waals surface area contributed by atoms with E-state index in [4.69, 9.17) is 9.47 Å². The van der Waals surface area contributed by atoms with Crippen molar-refractivity contribution in [2.75, 3.05) is 14.2 Å². The van der Waals surface area contributed by atoms with Crippen LogP contribution in [0.4, 0.5) is 0 Å². The number of benzene rings is 4. The number of halogens is 2. The quantitative estimate of drug-likeness (QED) is 0.264. The van der Waals surface area contributed by atoms with E-state index in [1.807, 2.05) is 0 Å². The van der Waals surface area contributed by atoms with Crippen molar-refractivity contribution in [2.45, 2.75) is 44.6 Å². The van der Waals surface area contributed by atoms with Crippen molar-refractivity contribution in [1.29, 1.82) is 0 Å². The molecule has 43 heavy (non-hydrogen) atoms. The Kier molecular flexibility index (Phi) is 9.35. The van der Waals surface area contributed by atoms with Crippen molar-refractivity contribution in [3.05, 3.63) is 118 Å². The Morgan fingerprint density at radius 1 is 0.581 bits per heavy atom. The number of fused-ring (bicyclic) bond motifs is 2. The molecular weight excluding hydrogens is 607 g/mol. The molecule has 0 saturated carbocycles. The SMILES string of the molecule is CCC1=Cc2c(-c3ccc(OC)cc3)cccc2[CH]1[Ti+2]1([CH]2C(CC)=Cc3c(-c4ccc(OC)cc4)cccc32)[CH2][CH2]1.[Cl-].[Cl-]. The van der Waals surface area contributed by atoms with Crippen LogP contribution in [0, 0.1) is 0 Å². The molecule has 3 aliphatic rings. The fourth-order valence-electron chi connectivity index (χ4n) is 7.83. The average molecular weight is 645 g/mol. The van der Waals surface area contributed by atoms with Gasteiger partial charge in [0.2, 0.25) is 0 Å². The molecule has 7 rings (SSSR count). The van der Waals surface area contributed by atoms with Crippen LogP contribution in [-0.2, 0) is 16.6 Å². The second-order valence-corrected chi connectivity index (χ2v) is 19.0. The topological polar surface area (TPSA) is 18.5 Å². The minimum absolute atomic E-state index is 0. The standard InChI is InChI=1S/2C18H17O.C2H4.2ClH.Ti/c2*1-3-13-11-15-5-4-6-17(18(15)12-13)14-7-9-16(19-2)10-8-14;1-2;;;/h2*4-12H,3H2,1-2H3;1-2H2;2*1H;/q;;;;;+2/p-2. The molecule has 4 aromatic carbocycles. The molecule has 2 unspecified atom stereocenters. The van der Waals surface area contributed by atoms with E-state index in [2.05, 4.69) is 111 Å². The van der Waals surface area contributed by atoms with Crippen molar-refractivity contribution in [2.24, 2.45) is 0 Å². The summed E-state index contributed by atoms with van der Waals surface area (Å²) in [5, 5.41) is 0. The van der Waals surface area contributed by atoms with Crippen LogP contribution in [0.5, 0.6) is 11.5 Å². The zero-order valence-corrected chi connectivity index (χ0v) is 28.4. The van der Waals surface area contributed by atoms with Crippen LogP contribution < -0.4 is 34.3 Å². The number of rotatable bonds is 8. The molecule has 1 fully saturated rings. The van der Waals surface area contributed by atoms with Gasteiger partial charge >= 0.3 is 249 Å². The zero-order chi connectivity index (χ0) is 28.1. The molecule has 1 aliphatic heterocycles. The predicted molar refractivity (Wildman–Crippen MR) is 168 cm³/mol. The van der Waals surface area contributed by atoms with E-state index in [1.165, 1.54) is 42.8 Å². The second kappa shape index (κ2) is 12.7. The minimum Gasteiger partial charge on any atom is -1.00 e. The van der Waals surface area contributed by atoms with Gasteiger partial charge in [0.15, 0.2) is 0 Å². The molecule has 0 amide bonds. The Labute approximate surface area is 272 Å². The Balaban J connectivity index is 0.00000184. The van der Waals surface area contributed by atoms with Gasteiger partial charge in [-0.05, 0) is 0 Å². The van der Waals surface area contributed by atoms with Gasteiger partial charge in [-0.15, -0.1) is 0 Å². The van der Waals surface area contributed by atoms with Gasteiger partial charge in [0.05, 0.1) is 0 Å². The molecule has 0 aromatic heterocycles. The molecule has 2 nitrogen and oxygen atoms in total. The summed E-state index contributed by atoms with van der Waals surface area (Å²) in [6.45, 7) is 4.74. The van der Waals surface area contributed by atoms with E-state index in [-0.39, 0.29) is 24.8 Å². The number of ether oxygens (including phenoxy) is 2. The van der Waals surface area contributed by atoms with Crippen LogP contribution >= 0.6 is 0 Å². The molecule has 0 radical (unpaired) electrons. The van der Waals surface area contributed by atoms with Gasteiger partial charge in [-0.25, -0.2) is 0 Å². The van der Waals surface area contributed by atoms with E-state index < -0.39 is 16.6 Å². The van der Waals surface area contributed by atoms with E-state index in [1.54, 1.807) is 36.5 Å². The van der Waals surface area contributed by atoms with Gasteiger partial charge in [-0.2, -0.15) is 0 Å². The Morgan fingerprint density at radius 2 is 0.977 bits per heavy atom. The van der Waals surface area contributed by atoms with Gasteiger partial charge in [-0.3, -0.25) is 0 Å². The third-order valence-electron chi connectivity index (χ3n) is 9.90. The van der Waals surface area contributed by atoms with Crippen LogP contribution in [0.15, 0.2) is 96.1 Å². The fraction of sp³-hybridized carbons (Fsp3) is 0.263. The number of hydrogen-bond donors (Lipinski definition) is 0.